The number of hydrogen-bond acceptors (Lipinski definition) is 7. The molecular formula is C21H22N2O4S2. The fourth-order valence-corrected chi connectivity index (χ4v) is 6.96. The highest BCUT2D eigenvalue weighted by molar-refractivity contribution is 8.14. The van der Waals surface area contributed by atoms with Crippen molar-refractivity contribution in [1.29, 1.82) is 0 Å². The van der Waals surface area contributed by atoms with E-state index < -0.39 is 9.84 Å². The van der Waals surface area contributed by atoms with Crippen molar-refractivity contribution in [3.63, 3.8) is 0 Å². The Morgan fingerprint density at radius 2 is 1.90 bits per heavy atom. The van der Waals surface area contributed by atoms with E-state index in [0.29, 0.717) is 5.75 Å². The first-order valence-corrected chi connectivity index (χ1v) is 12.5. The van der Waals surface area contributed by atoms with Gasteiger partial charge in [0.2, 0.25) is 6.79 Å². The van der Waals surface area contributed by atoms with Crippen LogP contribution in [0.4, 0.5) is 5.69 Å². The molecule has 3 heterocycles. The summed E-state index contributed by atoms with van der Waals surface area (Å²) >= 11 is 1.71. The van der Waals surface area contributed by atoms with E-state index in [9.17, 15) is 8.42 Å². The molecule has 152 valence electrons. The molecule has 6 nitrogen and oxygen atoms in total. The lowest BCUT2D eigenvalue weighted by molar-refractivity contribution is 0.174. The van der Waals surface area contributed by atoms with Crippen molar-refractivity contribution < 1.29 is 17.9 Å². The predicted octanol–water partition coefficient (Wildman–Crippen LogP) is 3.12. The zero-order valence-electron chi connectivity index (χ0n) is 15.9. The van der Waals surface area contributed by atoms with Crippen molar-refractivity contribution in [3.8, 4) is 11.5 Å². The number of amidine groups is 1. The summed E-state index contributed by atoms with van der Waals surface area (Å²) in [5.41, 5.74) is 2.24. The molecule has 0 spiro atoms. The van der Waals surface area contributed by atoms with Crippen molar-refractivity contribution in [3.05, 3.63) is 54.1 Å². The molecule has 2 atom stereocenters. The molecule has 0 aliphatic carbocycles. The molecule has 0 amide bonds. The molecule has 0 radical (unpaired) electrons. The Kier molecular flexibility index (Phi) is 4.91. The lowest BCUT2D eigenvalue weighted by Crippen LogP contribution is -2.39. The van der Waals surface area contributed by atoms with Gasteiger partial charge >= 0.3 is 0 Å². The maximum absolute atomic E-state index is 12.2. The lowest BCUT2D eigenvalue weighted by Gasteiger charge is -2.26. The van der Waals surface area contributed by atoms with Crippen LogP contribution in [0.3, 0.4) is 0 Å². The standard InChI is InChI=1S/C21H22N2O4S2/c24-29(25)12-17-18(13-29)23(16-8-9-19-20(11-16)27-14-26-19)21(22-17)28-10-4-7-15-5-2-1-3-6-15/h1-3,5-6,8-9,11,17-18H,4,7,10,12-14H2/t17-,18-/m0/s1. The van der Waals surface area contributed by atoms with Crippen molar-refractivity contribution in [1.82, 2.24) is 0 Å². The number of anilines is 1. The minimum absolute atomic E-state index is 0.132. The van der Waals surface area contributed by atoms with Crippen LogP contribution in [0, 0.1) is 0 Å². The molecule has 8 heteroatoms. The number of hydrogen-bond donors (Lipinski definition) is 0. The van der Waals surface area contributed by atoms with Gasteiger partial charge in [0.05, 0.1) is 23.6 Å². The van der Waals surface area contributed by atoms with E-state index in [1.54, 1.807) is 11.8 Å². The quantitative estimate of drug-likeness (QED) is 0.679. The van der Waals surface area contributed by atoms with E-state index >= 15 is 0 Å². The van der Waals surface area contributed by atoms with Crippen LogP contribution in [-0.2, 0) is 16.3 Å². The fourth-order valence-electron chi connectivity index (χ4n) is 4.05. The molecule has 0 bridgehead atoms. The van der Waals surface area contributed by atoms with Gasteiger partial charge in [-0.15, -0.1) is 0 Å². The van der Waals surface area contributed by atoms with Crippen LogP contribution < -0.4 is 14.4 Å². The molecule has 2 aromatic rings. The smallest absolute Gasteiger partial charge is 0.231 e. The van der Waals surface area contributed by atoms with E-state index in [1.165, 1.54) is 5.56 Å². The summed E-state index contributed by atoms with van der Waals surface area (Å²) in [4.78, 5) is 6.88. The summed E-state index contributed by atoms with van der Waals surface area (Å²) in [5, 5.41) is 0.904. The highest BCUT2D eigenvalue weighted by Crippen LogP contribution is 2.40. The van der Waals surface area contributed by atoms with Gasteiger partial charge in [-0.05, 0) is 30.5 Å². The summed E-state index contributed by atoms with van der Waals surface area (Å²) in [7, 11) is -3.06. The predicted molar refractivity (Wildman–Crippen MR) is 116 cm³/mol. The Labute approximate surface area is 174 Å². The normalized spacial score (nSPS) is 23.9. The van der Waals surface area contributed by atoms with Crippen LogP contribution in [-0.4, -0.2) is 49.7 Å². The first kappa shape index (κ1) is 18.8. The molecule has 0 aromatic heterocycles. The van der Waals surface area contributed by atoms with Crippen LogP contribution in [0.15, 0.2) is 53.5 Å². The Morgan fingerprint density at radius 3 is 2.76 bits per heavy atom. The minimum Gasteiger partial charge on any atom is -0.454 e. The molecule has 2 aromatic carbocycles. The highest BCUT2D eigenvalue weighted by atomic mass is 32.2. The summed E-state index contributed by atoms with van der Waals surface area (Å²) in [6, 6.07) is 15.9. The molecule has 1 saturated heterocycles. The van der Waals surface area contributed by atoms with E-state index in [-0.39, 0.29) is 30.4 Å². The summed E-state index contributed by atoms with van der Waals surface area (Å²) in [6.07, 6.45) is 2.06. The summed E-state index contributed by atoms with van der Waals surface area (Å²) in [5.74, 6) is 2.62. The largest absolute Gasteiger partial charge is 0.454 e. The van der Waals surface area contributed by atoms with E-state index in [0.717, 1.165) is 35.2 Å². The number of rotatable bonds is 5. The molecule has 3 aliphatic heterocycles. The van der Waals surface area contributed by atoms with Crippen LogP contribution in [0.5, 0.6) is 11.5 Å². The van der Waals surface area contributed by atoms with Gasteiger partial charge in [-0.1, -0.05) is 42.1 Å². The van der Waals surface area contributed by atoms with Crippen molar-refractivity contribution >= 4 is 32.5 Å². The van der Waals surface area contributed by atoms with Crippen LogP contribution in [0.1, 0.15) is 12.0 Å². The molecule has 0 saturated carbocycles. The Bertz CT molecular complexity index is 1040. The van der Waals surface area contributed by atoms with Gasteiger partial charge in [-0.3, -0.25) is 4.99 Å². The van der Waals surface area contributed by atoms with Gasteiger partial charge in [-0.25, -0.2) is 8.42 Å². The zero-order valence-corrected chi connectivity index (χ0v) is 17.5. The topological polar surface area (TPSA) is 68.2 Å². The fraction of sp³-hybridized carbons (Fsp3) is 0.381. The van der Waals surface area contributed by atoms with Crippen LogP contribution in [0.25, 0.3) is 0 Å². The maximum atomic E-state index is 12.2. The monoisotopic (exact) mass is 430 g/mol. The molecular weight excluding hydrogens is 408 g/mol. The van der Waals surface area contributed by atoms with Crippen molar-refractivity contribution in [2.45, 2.75) is 24.9 Å². The minimum atomic E-state index is -3.06. The van der Waals surface area contributed by atoms with Gasteiger partial charge in [-0.2, -0.15) is 0 Å². The molecule has 0 N–H and O–H groups in total. The Balaban J connectivity index is 1.33. The molecule has 0 unspecified atom stereocenters. The molecule has 5 rings (SSSR count). The van der Waals surface area contributed by atoms with Gasteiger partial charge in [0.15, 0.2) is 26.5 Å². The lowest BCUT2D eigenvalue weighted by atomic mass is 10.1. The number of benzene rings is 2. The first-order chi connectivity index (χ1) is 14.1. The number of thioether (sulfide) groups is 1. The Hall–Kier alpha value is -2.19. The third-order valence-corrected chi connectivity index (χ3v) is 8.18. The van der Waals surface area contributed by atoms with Gasteiger partial charge in [0.1, 0.15) is 0 Å². The van der Waals surface area contributed by atoms with E-state index in [2.05, 4.69) is 29.2 Å². The van der Waals surface area contributed by atoms with Crippen molar-refractivity contribution in [2.75, 3.05) is 29.0 Å². The first-order valence-electron chi connectivity index (χ1n) is 9.73. The van der Waals surface area contributed by atoms with E-state index in [4.69, 9.17) is 14.5 Å². The zero-order chi connectivity index (χ0) is 19.8. The third-order valence-electron chi connectivity index (χ3n) is 5.43. The molecule has 3 aliphatic rings. The second-order valence-electron chi connectivity index (χ2n) is 7.47. The number of ether oxygens (including phenoxy) is 2. The van der Waals surface area contributed by atoms with Crippen molar-refractivity contribution in [2.24, 2.45) is 4.99 Å². The third kappa shape index (κ3) is 3.83. The number of fused-ring (bicyclic) bond motifs is 2. The SMILES string of the molecule is O=S1(=O)C[C@@H]2N=C(SCCCc3ccccc3)N(c3ccc4c(c3)OCO4)[C@H]2C1. The van der Waals surface area contributed by atoms with Gasteiger partial charge in [0, 0.05) is 17.5 Å². The second kappa shape index (κ2) is 7.57. The molecule has 29 heavy (non-hydrogen) atoms. The number of nitrogens with zero attached hydrogens (tertiary/aromatic N) is 2. The average molecular weight is 431 g/mol. The van der Waals surface area contributed by atoms with E-state index in [1.807, 2.05) is 24.3 Å². The Morgan fingerprint density at radius 1 is 1.07 bits per heavy atom. The highest BCUT2D eigenvalue weighted by Gasteiger charge is 2.47. The number of sulfone groups is 1. The summed E-state index contributed by atoms with van der Waals surface area (Å²) < 4.78 is 35.3. The van der Waals surface area contributed by atoms with Gasteiger partial charge < -0.3 is 14.4 Å². The average Bonchev–Trinajstić information content (AvgIpc) is 3.37. The number of aliphatic imine (C=N–C) groups is 1. The van der Waals surface area contributed by atoms with Crippen LogP contribution >= 0.6 is 11.8 Å². The summed E-state index contributed by atoms with van der Waals surface area (Å²) in [6.45, 7) is 0.217. The van der Waals surface area contributed by atoms with Gasteiger partial charge in [0.25, 0.3) is 0 Å². The number of aryl methyl sites for hydroxylation is 1. The van der Waals surface area contributed by atoms with Crippen LogP contribution in [0.2, 0.25) is 0 Å². The molecule has 1 fully saturated rings. The maximum Gasteiger partial charge on any atom is 0.231 e. The second-order valence-corrected chi connectivity index (χ2v) is 10.7.